The zero-order valence-electron chi connectivity index (χ0n) is 14.2. The summed E-state index contributed by atoms with van der Waals surface area (Å²) in [6.45, 7) is 1.96. The average Bonchev–Trinajstić information content (AvgIpc) is 2.98. The molecule has 6 heteroatoms. The van der Waals surface area contributed by atoms with E-state index in [9.17, 15) is 19.2 Å². The van der Waals surface area contributed by atoms with Gasteiger partial charge in [0, 0.05) is 37.9 Å². The van der Waals surface area contributed by atoms with Crippen molar-refractivity contribution in [2.75, 3.05) is 6.54 Å². The maximum Gasteiger partial charge on any atom is 0.261 e. The summed E-state index contributed by atoms with van der Waals surface area (Å²) < 4.78 is 0. The molecule has 0 saturated carbocycles. The number of Topliss-reactive ketones (excluding diaryl/α,β-unsaturated/α-hetero) is 1. The number of imide groups is 1. The molecule has 25 heavy (non-hydrogen) atoms. The molecular weight excluding hydrogens is 320 g/mol. The van der Waals surface area contributed by atoms with Gasteiger partial charge in [0.1, 0.15) is 5.78 Å². The lowest BCUT2D eigenvalue weighted by atomic mass is 10.0. The van der Waals surface area contributed by atoms with Gasteiger partial charge < -0.3 is 4.90 Å². The second kappa shape index (κ2) is 5.79. The summed E-state index contributed by atoms with van der Waals surface area (Å²) in [5, 5.41) is 0. The van der Waals surface area contributed by atoms with E-state index in [1.165, 1.54) is 4.90 Å². The largest absolute Gasteiger partial charge is 0.336 e. The van der Waals surface area contributed by atoms with Crippen molar-refractivity contribution >= 4 is 23.5 Å². The van der Waals surface area contributed by atoms with E-state index in [2.05, 4.69) is 0 Å². The van der Waals surface area contributed by atoms with Crippen molar-refractivity contribution in [3.05, 3.63) is 34.9 Å². The second-order valence-corrected chi connectivity index (χ2v) is 7.19. The molecule has 3 amide bonds. The Balaban J connectivity index is 1.44. The first-order chi connectivity index (χ1) is 12.0. The fourth-order valence-corrected chi connectivity index (χ4v) is 4.32. The number of benzene rings is 1. The fraction of sp³-hybridized carbons (Fsp3) is 0.474. The van der Waals surface area contributed by atoms with Gasteiger partial charge in [-0.2, -0.15) is 0 Å². The predicted molar refractivity (Wildman–Crippen MR) is 89.1 cm³/mol. The lowest BCUT2D eigenvalue weighted by molar-refractivity contribution is -0.138. The standard InChI is InChI=1S/C19H20N2O4/c1-11-2-5-15-16(8-11)19(25)20(18(15)24)7-6-17(23)21-12-3-4-13(21)10-14(22)9-12/h2,5,8,12-13H,3-4,6-7,9-10H2,1H3/t12-,13-/m0/s1. The first-order valence-corrected chi connectivity index (χ1v) is 8.75. The first kappa shape index (κ1) is 16.0. The van der Waals surface area contributed by atoms with Crippen LogP contribution in [0.4, 0.5) is 0 Å². The summed E-state index contributed by atoms with van der Waals surface area (Å²) in [7, 11) is 0. The van der Waals surface area contributed by atoms with Crippen LogP contribution < -0.4 is 0 Å². The van der Waals surface area contributed by atoms with Crippen molar-refractivity contribution in [1.29, 1.82) is 0 Å². The molecular formula is C19H20N2O4. The highest BCUT2D eigenvalue weighted by Crippen LogP contribution is 2.34. The van der Waals surface area contributed by atoms with E-state index in [1.807, 2.05) is 11.8 Å². The zero-order valence-corrected chi connectivity index (χ0v) is 14.2. The lowest BCUT2D eigenvalue weighted by Crippen LogP contribution is -2.47. The van der Waals surface area contributed by atoms with Gasteiger partial charge in [0.05, 0.1) is 11.1 Å². The number of piperidine rings is 1. The number of fused-ring (bicyclic) bond motifs is 3. The molecule has 0 spiro atoms. The van der Waals surface area contributed by atoms with Crippen LogP contribution in [-0.2, 0) is 9.59 Å². The van der Waals surface area contributed by atoms with E-state index in [1.54, 1.807) is 18.2 Å². The normalized spacial score (nSPS) is 24.9. The predicted octanol–water partition coefficient (Wildman–Crippen LogP) is 1.70. The van der Waals surface area contributed by atoms with Crippen molar-refractivity contribution in [1.82, 2.24) is 9.80 Å². The van der Waals surface area contributed by atoms with Crippen LogP contribution in [0.25, 0.3) is 0 Å². The Labute approximate surface area is 145 Å². The van der Waals surface area contributed by atoms with E-state index in [0.29, 0.717) is 24.0 Å². The molecule has 1 aromatic carbocycles. The van der Waals surface area contributed by atoms with E-state index < -0.39 is 0 Å². The molecule has 2 bridgehead atoms. The van der Waals surface area contributed by atoms with Gasteiger partial charge in [0.2, 0.25) is 5.91 Å². The molecule has 6 nitrogen and oxygen atoms in total. The van der Waals surface area contributed by atoms with Gasteiger partial charge in [0.25, 0.3) is 11.8 Å². The number of hydrogen-bond acceptors (Lipinski definition) is 4. The van der Waals surface area contributed by atoms with Crippen LogP contribution in [0.3, 0.4) is 0 Å². The average molecular weight is 340 g/mol. The molecule has 4 rings (SSSR count). The topological polar surface area (TPSA) is 74.8 Å². The molecule has 0 unspecified atom stereocenters. The van der Waals surface area contributed by atoms with Gasteiger partial charge >= 0.3 is 0 Å². The minimum Gasteiger partial charge on any atom is -0.336 e. The van der Waals surface area contributed by atoms with Crippen LogP contribution in [0.2, 0.25) is 0 Å². The summed E-state index contributed by atoms with van der Waals surface area (Å²) in [6, 6.07) is 5.20. The Bertz CT molecular complexity index is 785. The van der Waals surface area contributed by atoms with Crippen molar-refractivity contribution in [3.63, 3.8) is 0 Å². The Morgan fingerprint density at radius 3 is 2.36 bits per heavy atom. The van der Waals surface area contributed by atoms with E-state index >= 15 is 0 Å². The maximum atomic E-state index is 12.6. The summed E-state index contributed by atoms with van der Waals surface area (Å²) in [6.07, 6.45) is 2.73. The van der Waals surface area contributed by atoms with Crippen molar-refractivity contribution in [2.24, 2.45) is 0 Å². The van der Waals surface area contributed by atoms with Crippen molar-refractivity contribution in [2.45, 2.75) is 51.1 Å². The molecule has 130 valence electrons. The smallest absolute Gasteiger partial charge is 0.261 e. The van der Waals surface area contributed by atoms with Crippen LogP contribution in [0.1, 0.15) is 58.4 Å². The SMILES string of the molecule is Cc1ccc2c(c1)C(=O)N(CCC(=O)N1[C@H]3CC[C@H]1CC(=O)C3)C2=O. The van der Waals surface area contributed by atoms with Crippen LogP contribution in [0, 0.1) is 6.92 Å². The van der Waals surface area contributed by atoms with Crippen molar-refractivity contribution in [3.8, 4) is 0 Å². The number of carbonyl (C=O) groups excluding carboxylic acids is 4. The van der Waals surface area contributed by atoms with Crippen LogP contribution >= 0.6 is 0 Å². The third-order valence-electron chi connectivity index (χ3n) is 5.51. The number of carbonyl (C=O) groups is 4. The number of amides is 3. The van der Waals surface area contributed by atoms with Gasteiger partial charge in [-0.25, -0.2) is 0 Å². The number of nitrogens with zero attached hydrogens (tertiary/aromatic N) is 2. The zero-order chi connectivity index (χ0) is 17.7. The van der Waals surface area contributed by atoms with Crippen molar-refractivity contribution < 1.29 is 19.2 Å². The summed E-state index contributed by atoms with van der Waals surface area (Å²) in [5.41, 5.74) is 1.75. The summed E-state index contributed by atoms with van der Waals surface area (Å²) in [5.74, 6) is -0.488. The van der Waals surface area contributed by atoms with Crippen LogP contribution in [0.5, 0.6) is 0 Å². The maximum absolute atomic E-state index is 12.6. The number of rotatable bonds is 3. The summed E-state index contributed by atoms with van der Waals surface area (Å²) in [4.78, 5) is 52.2. The molecule has 2 atom stereocenters. The fourth-order valence-electron chi connectivity index (χ4n) is 4.32. The van der Waals surface area contributed by atoms with Crippen LogP contribution in [-0.4, -0.2) is 51.9 Å². The molecule has 2 fully saturated rings. The highest BCUT2D eigenvalue weighted by atomic mass is 16.2. The third-order valence-corrected chi connectivity index (χ3v) is 5.51. The van der Waals surface area contributed by atoms with Crippen LogP contribution in [0.15, 0.2) is 18.2 Å². The second-order valence-electron chi connectivity index (χ2n) is 7.19. The van der Waals surface area contributed by atoms with Gasteiger partial charge in [-0.05, 0) is 31.9 Å². The van der Waals surface area contributed by atoms with Gasteiger partial charge in [-0.3, -0.25) is 24.1 Å². The quantitative estimate of drug-likeness (QED) is 0.785. The first-order valence-electron chi connectivity index (χ1n) is 8.75. The Hall–Kier alpha value is -2.50. The molecule has 3 aliphatic rings. The van der Waals surface area contributed by atoms with E-state index in [-0.39, 0.29) is 48.6 Å². The molecule has 3 heterocycles. The van der Waals surface area contributed by atoms with E-state index in [4.69, 9.17) is 0 Å². The third kappa shape index (κ3) is 2.56. The Kier molecular flexibility index (Phi) is 3.71. The monoisotopic (exact) mass is 340 g/mol. The molecule has 0 N–H and O–H groups in total. The molecule has 1 aromatic rings. The summed E-state index contributed by atoms with van der Waals surface area (Å²) >= 11 is 0. The van der Waals surface area contributed by atoms with E-state index in [0.717, 1.165) is 18.4 Å². The highest BCUT2D eigenvalue weighted by Gasteiger charge is 2.43. The van der Waals surface area contributed by atoms with Gasteiger partial charge in [-0.15, -0.1) is 0 Å². The molecule has 3 aliphatic heterocycles. The number of aryl methyl sites for hydroxylation is 1. The molecule has 2 saturated heterocycles. The van der Waals surface area contributed by atoms with Gasteiger partial charge in [0.15, 0.2) is 0 Å². The van der Waals surface area contributed by atoms with Gasteiger partial charge in [-0.1, -0.05) is 11.6 Å². The molecule has 0 aromatic heterocycles. The Morgan fingerprint density at radius 2 is 1.68 bits per heavy atom. The molecule has 0 aliphatic carbocycles. The number of hydrogen-bond donors (Lipinski definition) is 0. The highest BCUT2D eigenvalue weighted by molar-refractivity contribution is 6.21. The molecule has 0 radical (unpaired) electrons. The Morgan fingerprint density at radius 1 is 1.04 bits per heavy atom. The number of ketones is 1. The minimum atomic E-state index is -0.329. The minimum absolute atomic E-state index is 0.00331. The lowest BCUT2D eigenvalue weighted by Gasteiger charge is -2.34.